The number of rotatable bonds is 8. The predicted molar refractivity (Wildman–Crippen MR) is 98.2 cm³/mol. The smallest absolute Gasteiger partial charge is 0.251 e. The zero-order valence-corrected chi connectivity index (χ0v) is 14.6. The van der Waals surface area contributed by atoms with Gasteiger partial charge in [0.1, 0.15) is 5.82 Å². The molecule has 1 aromatic heterocycles. The van der Waals surface area contributed by atoms with Crippen molar-refractivity contribution in [1.29, 1.82) is 0 Å². The minimum atomic E-state index is -0.0925. The van der Waals surface area contributed by atoms with Gasteiger partial charge >= 0.3 is 0 Å². The van der Waals surface area contributed by atoms with Gasteiger partial charge in [0.2, 0.25) is 0 Å². The highest BCUT2D eigenvalue weighted by atomic mass is 16.1. The van der Waals surface area contributed by atoms with Crippen LogP contribution in [0, 0.1) is 0 Å². The second-order valence-electron chi connectivity index (χ2n) is 6.12. The summed E-state index contributed by atoms with van der Waals surface area (Å²) in [7, 11) is 4.11. The molecule has 0 aliphatic heterocycles. The largest absolute Gasteiger partial charge is 0.370 e. The number of benzene rings is 1. The minimum Gasteiger partial charge on any atom is -0.370 e. The lowest BCUT2D eigenvalue weighted by Gasteiger charge is -2.15. The first-order valence-electron chi connectivity index (χ1n) is 8.26. The van der Waals surface area contributed by atoms with Gasteiger partial charge in [-0.3, -0.25) is 4.79 Å². The number of carbonyl (C=O) groups is 1. The van der Waals surface area contributed by atoms with Gasteiger partial charge in [0, 0.05) is 18.3 Å². The number of hydrogen-bond donors (Lipinski definition) is 2. The number of anilines is 1. The lowest BCUT2D eigenvalue weighted by atomic mass is 10.1. The van der Waals surface area contributed by atoms with Gasteiger partial charge < -0.3 is 15.5 Å². The quantitative estimate of drug-likeness (QED) is 0.732. The van der Waals surface area contributed by atoms with Crippen molar-refractivity contribution in [3.63, 3.8) is 0 Å². The summed E-state index contributed by atoms with van der Waals surface area (Å²) in [6, 6.07) is 13.4. The molecule has 1 amide bonds. The van der Waals surface area contributed by atoms with Crippen LogP contribution in [0.4, 0.5) is 5.82 Å². The van der Waals surface area contributed by atoms with E-state index in [-0.39, 0.29) is 11.9 Å². The standard InChI is InChI=1S/C19H26N4O/c1-15(16-8-5-4-6-9-16)22-19(24)17-10-12-21-18(14-17)20-11-7-13-23(2)3/h4-6,8-10,12,14-15H,7,11,13H2,1-3H3,(H,20,21)(H,22,24). The van der Waals surface area contributed by atoms with E-state index < -0.39 is 0 Å². The topological polar surface area (TPSA) is 57.3 Å². The third-order valence-electron chi connectivity index (χ3n) is 3.76. The van der Waals surface area contributed by atoms with Crippen LogP contribution in [-0.4, -0.2) is 43.0 Å². The molecule has 2 rings (SSSR count). The van der Waals surface area contributed by atoms with Gasteiger partial charge in [-0.15, -0.1) is 0 Å². The summed E-state index contributed by atoms with van der Waals surface area (Å²) in [4.78, 5) is 18.8. The Morgan fingerprint density at radius 1 is 1.21 bits per heavy atom. The number of carbonyl (C=O) groups excluding carboxylic acids is 1. The third-order valence-corrected chi connectivity index (χ3v) is 3.76. The monoisotopic (exact) mass is 326 g/mol. The number of hydrogen-bond acceptors (Lipinski definition) is 4. The Morgan fingerprint density at radius 3 is 2.67 bits per heavy atom. The first-order chi connectivity index (χ1) is 11.6. The molecule has 0 radical (unpaired) electrons. The first kappa shape index (κ1) is 17.9. The van der Waals surface area contributed by atoms with Crippen molar-refractivity contribution in [2.75, 3.05) is 32.5 Å². The molecule has 1 unspecified atom stereocenters. The molecule has 24 heavy (non-hydrogen) atoms. The first-order valence-corrected chi connectivity index (χ1v) is 8.26. The highest BCUT2D eigenvalue weighted by Gasteiger charge is 2.11. The van der Waals surface area contributed by atoms with Gasteiger partial charge in [-0.25, -0.2) is 4.98 Å². The minimum absolute atomic E-state index is 0.0386. The van der Waals surface area contributed by atoms with Crippen molar-refractivity contribution in [3.05, 3.63) is 59.8 Å². The number of aromatic nitrogens is 1. The van der Waals surface area contributed by atoms with Crippen LogP contribution >= 0.6 is 0 Å². The summed E-state index contributed by atoms with van der Waals surface area (Å²) < 4.78 is 0. The van der Waals surface area contributed by atoms with Crippen LogP contribution in [-0.2, 0) is 0 Å². The molecule has 1 aromatic carbocycles. The molecule has 0 fully saturated rings. The molecule has 2 aromatic rings. The van der Waals surface area contributed by atoms with Crippen molar-refractivity contribution in [1.82, 2.24) is 15.2 Å². The van der Waals surface area contributed by atoms with Crippen LogP contribution in [0.2, 0.25) is 0 Å². The molecule has 5 heteroatoms. The number of nitrogens with one attached hydrogen (secondary N) is 2. The van der Waals surface area contributed by atoms with Gasteiger partial charge in [-0.2, -0.15) is 0 Å². The van der Waals surface area contributed by atoms with Crippen LogP contribution in [0.5, 0.6) is 0 Å². The summed E-state index contributed by atoms with van der Waals surface area (Å²) >= 11 is 0. The van der Waals surface area contributed by atoms with E-state index in [0.29, 0.717) is 5.56 Å². The van der Waals surface area contributed by atoms with Crippen molar-refractivity contribution >= 4 is 11.7 Å². The van der Waals surface area contributed by atoms with Gasteiger partial charge in [-0.05, 0) is 51.7 Å². The molecule has 0 aliphatic carbocycles. The maximum atomic E-state index is 12.4. The van der Waals surface area contributed by atoms with Crippen LogP contribution in [0.25, 0.3) is 0 Å². The highest BCUT2D eigenvalue weighted by molar-refractivity contribution is 5.95. The maximum absolute atomic E-state index is 12.4. The zero-order chi connectivity index (χ0) is 17.4. The molecule has 1 heterocycles. The SMILES string of the molecule is CC(NC(=O)c1ccnc(NCCCN(C)C)c1)c1ccccc1. The fourth-order valence-corrected chi connectivity index (χ4v) is 2.39. The van der Waals surface area contributed by atoms with E-state index in [1.54, 1.807) is 18.3 Å². The van der Waals surface area contributed by atoms with Crippen molar-refractivity contribution in [3.8, 4) is 0 Å². The zero-order valence-electron chi connectivity index (χ0n) is 14.6. The van der Waals surface area contributed by atoms with Gasteiger partial charge in [0.25, 0.3) is 5.91 Å². The van der Waals surface area contributed by atoms with E-state index in [2.05, 4.69) is 34.6 Å². The van der Waals surface area contributed by atoms with Crippen LogP contribution in [0.15, 0.2) is 48.7 Å². The van der Waals surface area contributed by atoms with Crippen molar-refractivity contribution in [2.45, 2.75) is 19.4 Å². The molecule has 0 bridgehead atoms. The second kappa shape index (κ2) is 9.03. The average molecular weight is 326 g/mol. The second-order valence-corrected chi connectivity index (χ2v) is 6.12. The Morgan fingerprint density at radius 2 is 1.96 bits per heavy atom. The molecule has 128 valence electrons. The predicted octanol–water partition coefficient (Wildman–Crippen LogP) is 2.94. The van der Waals surface area contributed by atoms with E-state index in [1.165, 1.54) is 0 Å². The summed E-state index contributed by atoms with van der Waals surface area (Å²) in [5, 5.41) is 6.28. The van der Waals surface area contributed by atoms with Crippen molar-refractivity contribution in [2.24, 2.45) is 0 Å². The number of amides is 1. The summed E-state index contributed by atoms with van der Waals surface area (Å²) in [5.74, 6) is 0.638. The molecule has 5 nitrogen and oxygen atoms in total. The van der Waals surface area contributed by atoms with Crippen LogP contribution < -0.4 is 10.6 Å². The lowest BCUT2D eigenvalue weighted by molar-refractivity contribution is 0.0940. The fourth-order valence-electron chi connectivity index (χ4n) is 2.39. The van der Waals surface area contributed by atoms with E-state index >= 15 is 0 Å². The molecule has 2 N–H and O–H groups in total. The normalized spacial score (nSPS) is 12.0. The molecular weight excluding hydrogens is 300 g/mol. The summed E-state index contributed by atoms with van der Waals surface area (Å²) in [6.07, 6.45) is 2.69. The van der Waals surface area contributed by atoms with Crippen LogP contribution in [0.1, 0.15) is 35.3 Å². The number of nitrogens with zero attached hydrogens (tertiary/aromatic N) is 2. The Hall–Kier alpha value is -2.40. The molecule has 0 saturated heterocycles. The molecule has 1 atom stereocenters. The van der Waals surface area contributed by atoms with E-state index in [4.69, 9.17) is 0 Å². The summed E-state index contributed by atoms with van der Waals surface area (Å²) in [6.45, 7) is 3.83. The van der Waals surface area contributed by atoms with Crippen molar-refractivity contribution < 1.29 is 4.79 Å². The fraction of sp³-hybridized carbons (Fsp3) is 0.368. The summed E-state index contributed by atoms with van der Waals surface area (Å²) in [5.41, 5.74) is 1.70. The van der Waals surface area contributed by atoms with Gasteiger partial charge in [0.15, 0.2) is 0 Å². The van der Waals surface area contributed by atoms with Crippen LogP contribution in [0.3, 0.4) is 0 Å². The van der Waals surface area contributed by atoms with E-state index in [9.17, 15) is 4.79 Å². The molecule has 0 aliphatic rings. The molecule has 0 saturated carbocycles. The molecule has 0 spiro atoms. The Labute approximate surface area is 144 Å². The van der Waals surface area contributed by atoms with Gasteiger partial charge in [0.05, 0.1) is 6.04 Å². The third kappa shape index (κ3) is 5.66. The van der Waals surface area contributed by atoms with E-state index in [1.807, 2.05) is 37.3 Å². The maximum Gasteiger partial charge on any atom is 0.251 e. The Bertz CT molecular complexity index is 643. The van der Waals surface area contributed by atoms with Gasteiger partial charge in [-0.1, -0.05) is 30.3 Å². The average Bonchev–Trinajstić information content (AvgIpc) is 2.59. The lowest BCUT2D eigenvalue weighted by Crippen LogP contribution is -2.26. The van der Waals surface area contributed by atoms with E-state index in [0.717, 1.165) is 30.9 Å². The number of pyridine rings is 1. The Kier molecular flexibility index (Phi) is 6.75. The highest BCUT2D eigenvalue weighted by Crippen LogP contribution is 2.13. The molecular formula is C19H26N4O. The Balaban J connectivity index is 1.91.